The van der Waals surface area contributed by atoms with Crippen molar-refractivity contribution in [3.05, 3.63) is 101 Å². The molecule has 0 aliphatic rings. The van der Waals surface area contributed by atoms with Gasteiger partial charge in [-0.3, -0.25) is 39.5 Å². The van der Waals surface area contributed by atoms with Crippen molar-refractivity contribution < 1.29 is 14.9 Å². The largest absolute Gasteiger partial charge is 0.494 e. The van der Waals surface area contributed by atoms with Gasteiger partial charge in [0, 0.05) is 12.4 Å². The second-order valence-electron chi connectivity index (χ2n) is 6.95. The Hall–Kier alpha value is -5.46. The third kappa shape index (κ3) is 5.48. The normalized spacial score (nSPS) is 11.3. The molecule has 0 amide bonds. The van der Waals surface area contributed by atoms with Crippen LogP contribution in [0, 0.1) is 0 Å². The Bertz CT molecular complexity index is 1530. The molecule has 2 aromatic heterocycles. The molecule has 0 fully saturated rings. The number of hydrogen-bond acceptors (Lipinski definition) is 9. The lowest BCUT2D eigenvalue weighted by Gasteiger charge is -2.06. The Labute approximate surface area is 193 Å². The number of benzene rings is 2. The quantitative estimate of drug-likeness (QED) is 0.224. The molecular weight excluding hydrogens is 460 g/mol. The maximum Gasteiger partial charge on any atom is 0.328 e. The molecule has 0 saturated heterocycles. The highest BCUT2D eigenvalue weighted by Crippen LogP contribution is 2.26. The zero-order chi connectivity index (χ0) is 24.9. The molecule has 4 aromatic rings. The van der Waals surface area contributed by atoms with Gasteiger partial charge in [0.25, 0.3) is 11.1 Å². The van der Waals surface area contributed by atoms with Gasteiger partial charge >= 0.3 is 11.4 Å². The summed E-state index contributed by atoms with van der Waals surface area (Å²) in [6.45, 7) is 0. The van der Waals surface area contributed by atoms with E-state index in [9.17, 15) is 29.4 Å². The number of hydrogen-bond donors (Lipinski definition) is 6. The summed E-state index contributed by atoms with van der Waals surface area (Å²) in [4.78, 5) is 61.9. The minimum Gasteiger partial charge on any atom is -0.494 e. The van der Waals surface area contributed by atoms with Crippen molar-refractivity contribution in [2.24, 2.45) is 9.98 Å². The molecular formula is C22H16N6O7. The Kier molecular flexibility index (Phi) is 6.22. The van der Waals surface area contributed by atoms with Crippen LogP contribution >= 0.6 is 0 Å². The van der Waals surface area contributed by atoms with E-state index in [0.717, 1.165) is 12.4 Å². The van der Waals surface area contributed by atoms with Crippen molar-refractivity contribution in [2.45, 2.75) is 0 Å². The predicted molar refractivity (Wildman–Crippen MR) is 126 cm³/mol. The van der Waals surface area contributed by atoms with Gasteiger partial charge in [-0.05, 0) is 48.5 Å². The van der Waals surface area contributed by atoms with Gasteiger partial charge in [-0.1, -0.05) is 0 Å². The van der Waals surface area contributed by atoms with Gasteiger partial charge in [-0.2, -0.15) is 0 Å². The highest BCUT2D eigenvalue weighted by molar-refractivity contribution is 5.84. The van der Waals surface area contributed by atoms with Gasteiger partial charge < -0.3 is 14.9 Å². The summed E-state index contributed by atoms with van der Waals surface area (Å²) in [6.07, 6.45) is 2.25. The van der Waals surface area contributed by atoms with Crippen molar-refractivity contribution in [3.63, 3.8) is 0 Å². The lowest BCUT2D eigenvalue weighted by atomic mass is 10.3. The topological polar surface area (TPSA) is 206 Å². The van der Waals surface area contributed by atoms with Crippen molar-refractivity contribution >= 4 is 23.8 Å². The number of aromatic amines is 4. The Morgan fingerprint density at radius 2 is 0.971 bits per heavy atom. The summed E-state index contributed by atoms with van der Waals surface area (Å²) in [6, 6.07) is 13.0. The Balaban J connectivity index is 1.42. The summed E-state index contributed by atoms with van der Waals surface area (Å²) in [5.41, 5.74) is -2.64. The maximum atomic E-state index is 11.7. The fourth-order valence-electron chi connectivity index (χ4n) is 2.82. The molecule has 176 valence electrons. The fraction of sp³-hybridized carbons (Fsp3) is 0. The monoisotopic (exact) mass is 476 g/mol. The molecule has 4 rings (SSSR count). The first kappa shape index (κ1) is 22.7. The number of aromatic nitrogens is 4. The Morgan fingerprint density at radius 3 is 1.31 bits per heavy atom. The molecule has 0 atom stereocenters. The minimum atomic E-state index is -0.825. The molecule has 0 saturated carbocycles. The van der Waals surface area contributed by atoms with Crippen molar-refractivity contribution in [1.82, 2.24) is 19.9 Å². The number of H-pyrrole nitrogens is 4. The SMILES string of the molecule is O=c1[nH]c(O)c(C=Nc2ccc(Oc3ccc(N=Cc4c(O)[nH]c(=O)[nH]c4=O)cc3)cc2)c(=O)[nH]1. The zero-order valence-electron chi connectivity index (χ0n) is 17.6. The van der Waals surface area contributed by atoms with Crippen LogP contribution < -0.4 is 27.2 Å². The van der Waals surface area contributed by atoms with Crippen LogP contribution in [0.5, 0.6) is 23.3 Å². The van der Waals surface area contributed by atoms with E-state index in [-0.39, 0.29) is 11.1 Å². The number of aromatic hydroxyl groups is 2. The number of aliphatic imine (C=N–C) groups is 2. The van der Waals surface area contributed by atoms with Gasteiger partial charge in [-0.15, -0.1) is 0 Å². The smallest absolute Gasteiger partial charge is 0.328 e. The molecule has 2 heterocycles. The summed E-state index contributed by atoms with van der Waals surface area (Å²) in [7, 11) is 0. The second kappa shape index (κ2) is 9.58. The first-order valence-electron chi connectivity index (χ1n) is 9.86. The van der Waals surface area contributed by atoms with Crippen LogP contribution in [-0.2, 0) is 0 Å². The average molecular weight is 476 g/mol. The zero-order valence-corrected chi connectivity index (χ0v) is 17.6. The number of nitrogens with one attached hydrogen (secondary N) is 4. The molecule has 0 spiro atoms. The lowest BCUT2D eigenvalue weighted by molar-refractivity contribution is 0.447. The molecule has 0 radical (unpaired) electrons. The van der Waals surface area contributed by atoms with E-state index in [1.54, 1.807) is 48.5 Å². The molecule has 6 N–H and O–H groups in total. The summed E-state index contributed by atoms with van der Waals surface area (Å²) in [5, 5.41) is 19.3. The average Bonchev–Trinajstić information content (AvgIpc) is 2.80. The maximum absolute atomic E-state index is 11.7. The minimum absolute atomic E-state index is 0.187. The molecule has 13 heteroatoms. The van der Waals surface area contributed by atoms with E-state index in [4.69, 9.17) is 4.74 Å². The molecule has 0 aliphatic carbocycles. The van der Waals surface area contributed by atoms with E-state index >= 15 is 0 Å². The lowest BCUT2D eigenvalue weighted by Crippen LogP contribution is -2.24. The van der Waals surface area contributed by atoms with Crippen LogP contribution in [0.3, 0.4) is 0 Å². The highest BCUT2D eigenvalue weighted by Gasteiger charge is 2.07. The molecule has 2 aromatic carbocycles. The van der Waals surface area contributed by atoms with Gasteiger partial charge in [0.15, 0.2) is 0 Å². The number of ether oxygens (including phenoxy) is 1. The van der Waals surface area contributed by atoms with E-state index in [1.165, 1.54) is 0 Å². The Morgan fingerprint density at radius 1 is 0.600 bits per heavy atom. The van der Waals surface area contributed by atoms with Gasteiger partial charge in [-0.25, -0.2) is 9.59 Å². The predicted octanol–water partition coefficient (Wildman–Crippen LogP) is 1.14. The molecule has 0 unspecified atom stereocenters. The second-order valence-corrected chi connectivity index (χ2v) is 6.95. The van der Waals surface area contributed by atoms with Gasteiger partial charge in [0.2, 0.25) is 11.8 Å². The third-order valence-electron chi connectivity index (χ3n) is 4.51. The van der Waals surface area contributed by atoms with Crippen LogP contribution in [-0.4, -0.2) is 42.6 Å². The first-order valence-corrected chi connectivity index (χ1v) is 9.86. The highest BCUT2D eigenvalue weighted by atomic mass is 16.5. The van der Waals surface area contributed by atoms with Crippen molar-refractivity contribution in [2.75, 3.05) is 0 Å². The first-order chi connectivity index (χ1) is 16.8. The summed E-state index contributed by atoms with van der Waals surface area (Å²) >= 11 is 0. The van der Waals surface area contributed by atoms with Crippen molar-refractivity contribution in [3.8, 4) is 23.3 Å². The van der Waals surface area contributed by atoms with E-state index in [1.807, 2.05) is 9.97 Å². The van der Waals surface area contributed by atoms with Crippen LogP contribution in [0.1, 0.15) is 11.1 Å². The van der Waals surface area contributed by atoms with Crippen LogP contribution in [0.2, 0.25) is 0 Å². The molecule has 0 bridgehead atoms. The standard InChI is InChI=1S/C22H16N6O7/c29-17-15(18(30)26-21(33)25-17)9-23-11-1-5-13(6-2-11)35-14-7-3-12(4-8-14)24-10-16-19(31)27-22(34)28-20(16)32/h1-10H,(H3,25,26,29,30,33)(H3,27,28,31,32,34). The molecule has 35 heavy (non-hydrogen) atoms. The van der Waals surface area contributed by atoms with Crippen LogP contribution in [0.15, 0.2) is 77.7 Å². The van der Waals surface area contributed by atoms with E-state index in [2.05, 4.69) is 20.0 Å². The fourth-order valence-corrected chi connectivity index (χ4v) is 2.82. The van der Waals surface area contributed by atoms with Crippen molar-refractivity contribution in [1.29, 1.82) is 0 Å². The van der Waals surface area contributed by atoms with E-state index < -0.39 is 34.3 Å². The molecule has 0 aliphatic heterocycles. The number of rotatable bonds is 6. The molecule has 13 nitrogen and oxygen atoms in total. The summed E-state index contributed by atoms with van der Waals surface area (Å²) in [5.74, 6) is -0.181. The van der Waals surface area contributed by atoms with E-state index in [0.29, 0.717) is 22.9 Å². The van der Waals surface area contributed by atoms with Gasteiger partial charge in [0.05, 0.1) is 11.4 Å². The van der Waals surface area contributed by atoms with Crippen LogP contribution in [0.4, 0.5) is 11.4 Å². The van der Waals surface area contributed by atoms with Crippen LogP contribution in [0.25, 0.3) is 0 Å². The summed E-state index contributed by atoms with van der Waals surface area (Å²) < 4.78 is 5.74. The third-order valence-corrected chi connectivity index (χ3v) is 4.51. The number of nitrogens with zero attached hydrogens (tertiary/aromatic N) is 2. The van der Waals surface area contributed by atoms with Gasteiger partial charge in [0.1, 0.15) is 22.6 Å².